The second-order valence-corrected chi connectivity index (χ2v) is 6.14. The van der Waals surface area contributed by atoms with Crippen molar-refractivity contribution >= 4 is 40.3 Å². The topological polar surface area (TPSA) is 71.2 Å². The molecule has 0 atom stereocenters. The van der Waals surface area contributed by atoms with Gasteiger partial charge in [0, 0.05) is 18.0 Å². The molecule has 0 aromatic carbocycles. The van der Waals surface area contributed by atoms with E-state index in [2.05, 4.69) is 10.1 Å². The maximum absolute atomic E-state index is 12.2. The van der Waals surface area contributed by atoms with E-state index in [1.165, 1.54) is 16.7 Å². The number of rotatable bonds is 4. The lowest BCUT2D eigenvalue weighted by Gasteiger charge is -2.11. The normalized spacial score (nSPS) is 16.8. The van der Waals surface area contributed by atoms with Crippen molar-refractivity contribution in [3.8, 4) is 5.82 Å². The zero-order valence-corrected chi connectivity index (χ0v) is 13.0. The van der Waals surface area contributed by atoms with Gasteiger partial charge in [0.1, 0.15) is 4.32 Å². The Bertz CT molecular complexity index is 742. The highest BCUT2D eigenvalue weighted by Gasteiger charge is 2.31. The third kappa shape index (κ3) is 2.94. The fourth-order valence-electron chi connectivity index (χ4n) is 1.97. The van der Waals surface area contributed by atoms with E-state index in [4.69, 9.17) is 17.3 Å². The number of pyridine rings is 1. The molecule has 0 spiro atoms. The number of hydrogen-bond acceptors (Lipinski definition) is 6. The molecule has 3 heterocycles. The zero-order valence-electron chi connectivity index (χ0n) is 11.4. The summed E-state index contributed by atoms with van der Waals surface area (Å²) < 4.78 is 2.10. The van der Waals surface area contributed by atoms with Crippen LogP contribution in [0.2, 0.25) is 0 Å². The lowest BCUT2D eigenvalue weighted by molar-refractivity contribution is -0.122. The number of amides is 1. The first-order valence-electron chi connectivity index (χ1n) is 6.51. The molecule has 1 N–H and O–H groups in total. The van der Waals surface area contributed by atoms with Crippen LogP contribution in [-0.4, -0.2) is 48.2 Å². The van der Waals surface area contributed by atoms with Crippen molar-refractivity contribution in [1.82, 2.24) is 19.7 Å². The molecule has 1 saturated heterocycles. The number of aliphatic hydroxyl groups is 1. The number of nitrogens with zero attached hydrogens (tertiary/aromatic N) is 4. The zero-order chi connectivity index (χ0) is 15.5. The minimum absolute atomic E-state index is 0.114. The Hall–Kier alpha value is -2.03. The van der Waals surface area contributed by atoms with Crippen LogP contribution in [0.5, 0.6) is 0 Å². The summed E-state index contributed by atoms with van der Waals surface area (Å²) >= 11 is 6.37. The van der Waals surface area contributed by atoms with Crippen molar-refractivity contribution in [3.05, 3.63) is 47.3 Å². The Morgan fingerprint density at radius 1 is 1.41 bits per heavy atom. The Morgan fingerprint density at radius 3 is 3.00 bits per heavy atom. The number of thiocarbonyl (C=S) groups is 1. The fourth-order valence-corrected chi connectivity index (χ4v) is 3.28. The van der Waals surface area contributed by atoms with E-state index < -0.39 is 0 Å². The first-order chi connectivity index (χ1) is 10.7. The predicted molar refractivity (Wildman–Crippen MR) is 88.3 cm³/mol. The molecule has 1 aliphatic heterocycles. The van der Waals surface area contributed by atoms with Gasteiger partial charge in [0.05, 0.1) is 24.3 Å². The lowest BCUT2D eigenvalue weighted by atomic mass is 10.3. The number of aliphatic hydroxyl groups excluding tert-OH is 1. The monoisotopic (exact) mass is 332 g/mol. The molecule has 0 radical (unpaired) electrons. The molecule has 8 heteroatoms. The fraction of sp³-hybridized carbons (Fsp3) is 0.143. The van der Waals surface area contributed by atoms with Crippen molar-refractivity contribution in [3.63, 3.8) is 0 Å². The van der Waals surface area contributed by atoms with E-state index in [1.807, 2.05) is 18.2 Å². The van der Waals surface area contributed by atoms with Crippen LogP contribution in [0.25, 0.3) is 11.9 Å². The highest BCUT2D eigenvalue weighted by Crippen LogP contribution is 2.32. The average molecular weight is 332 g/mol. The Labute approximate surface area is 136 Å². The Morgan fingerprint density at radius 2 is 2.27 bits per heavy atom. The molecule has 0 saturated carbocycles. The molecular formula is C14H12N4O2S2. The van der Waals surface area contributed by atoms with Gasteiger partial charge in [-0.25, -0.2) is 9.67 Å². The Kier molecular flexibility index (Phi) is 4.32. The second kappa shape index (κ2) is 6.39. The average Bonchev–Trinajstić information content (AvgIpc) is 3.09. The number of carbonyl (C=O) groups excluding carboxylic acids is 1. The number of carbonyl (C=O) groups is 1. The van der Waals surface area contributed by atoms with Gasteiger partial charge in [0.25, 0.3) is 5.91 Å². The van der Waals surface area contributed by atoms with Gasteiger partial charge >= 0.3 is 0 Å². The molecule has 3 rings (SSSR count). The maximum atomic E-state index is 12.2. The predicted octanol–water partition coefficient (Wildman–Crippen LogP) is 1.46. The van der Waals surface area contributed by atoms with Gasteiger partial charge < -0.3 is 5.11 Å². The van der Waals surface area contributed by atoms with Gasteiger partial charge in [0.15, 0.2) is 5.82 Å². The third-order valence-electron chi connectivity index (χ3n) is 2.98. The second-order valence-electron chi connectivity index (χ2n) is 4.46. The molecule has 1 aliphatic rings. The van der Waals surface area contributed by atoms with Crippen molar-refractivity contribution in [2.45, 2.75) is 0 Å². The summed E-state index contributed by atoms with van der Waals surface area (Å²) in [7, 11) is 0. The van der Waals surface area contributed by atoms with Crippen LogP contribution in [0.3, 0.4) is 0 Å². The van der Waals surface area contributed by atoms with Crippen molar-refractivity contribution in [1.29, 1.82) is 0 Å². The summed E-state index contributed by atoms with van der Waals surface area (Å²) in [5.74, 6) is 0.518. The summed E-state index contributed by atoms with van der Waals surface area (Å²) in [6.45, 7) is 0.104. The molecular weight excluding hydrogens is 320 g/mol. The van der Waals surface area contributed by atoms with Gasteiger partial charge in [0.2, 0.25) is 0 Å². The van der Waals surface area contributed by atoms with Crippen molar-refractivity contribution in [2.24, 2.45) is 0 Å². The van der Waals surface area contributed by atoms with Crippen LogP contribution in [0.1, 0.15) is 5.56 Å². The highest BCUT2D eigenvalue weighted by molar-refractivity contribution is 8.26. The van der Waals surface area contributed by atoms with Crippen LogP contribution < -0.4 is 0 Å². The highest BCUT2D eigenvalue weighted by atomic mass is 32.2. The quantitative estimate of drug-likeness (QED) is 0.675. The van der Waals surface area contributed by atoms with E-state index in [0.29, 0.717) is 15.0 Å². The van der Waals surface area contributed by atoms with Crippen LogP contribution >= 0.6 is 24.0 Å². The SMILES string of the molecule is O=C1/C(=C/c2cnn(-c3ccccn3)c2)SC(=S)N1CCO. The van der Waals surface area contributed by atoms with Crippen LogP contribution in [0, 0.1) is 0 Å². The maximum Gasteiger partial charge on any atom is 0.266 e. The number of β-amino-alcohol motifs (C(OH)–C–C–N with tert-alkyl or cyclic N) is 1. The van der Waals surface area contributed by atoms with Gasteiger partial charge in [-0.1, -0.05) is 30.0 Å². The van der Waals surface area contributed by atoms with Gasteiger partial charge in [-0.2, -0.15) is 5.10 Å². The molecule has 0 aliphatic carbocycles. The van der Waals surface area contributed by atoms with Crippen LogP contribution in [-0.2, 0) is 4.79 Å². The summed E-state index contributed by atoms with van der Waals surface area (Å²) in [4.78, 5) is 18.3. The van der Waals surface area contributed by atoms with Gasteiger partial charge in [-0.05, 0) is 18.2 Å². The minimum atomic E-state index is -0.186. The van der Waals surface area contributed by atoms with Crippen LogP contribution in [0.15, 0.2) is 41.7 Å². The minimum Gasteiger partial charge on any atom is -0.395 e. The summed E-state index contributed by atoms with van der Waals surface area (Å²) in [5.41, 5.74) is 0.787. The van der Waals surface area contributed by atoms with Gasteiger partial charge in [-0.3, -0.25) is 9.69 Å². The molecule has 112 valence electrons. The van der Waals surface area contributed by atoms with Crippen LogP contribution in [0.4, 0.5) is 0 Å². The summed E-state index contributed by atoms with van der Waals surface area (Å²) in [6.07, 6.45) is 6.88. The third-order valence-corrected chi connectivity index (χ3v) is 4.36. The molecule has 6 nitrogen and oxygen atoms in total. The smallest absolute Gasteiger partial charge is 0.266 e. The molecule has 22 heavy (non-hydrogen) atoms. The van der Waals surface area contributed by atoms with Crippen molar-refractivity contribution in [2.75, 3.05) is 13.2 Å². The summed E-state index contributed by atoms with van der Waals surface area (Å²) in [6, 6.07) is 5.56. The molecule has 2 aromatic heterocycles. The molecule has 2 aromatic rings. The van der Waals surface area contributed by atoms with E-state index in [9.17, 15) is 4.79 Å². The lowest BCUT2D eigenvalue weighted by Crippen LogP contribution is -2.30. The number of aromatic nitrogens is 3. The standard InChI is InChI=1S/C14H12N4O2S2/c19-6-5-17-13(20)11(22-14(17)21)7-10-8-16-18(9-10)12-3-1-2-4-15-12/h1-4,7-9,19H,5-6H2/b11-7-. The number of hydrogen-bond donors (Lipinski definition) is 1. The number of thioether (sulfide) groups is 1. The van der Waals surface area contributed by atoms with E-state index >= 15 is 0 Å². The van der Waals surface area contributed by atoms with Gasteiger partial charge in [-0.15, -0.1) is 0 Å². The molecule has 1 fully saturated rings. The van der Waals surface area contributed by atoms with Crippen molar-refractivity contribution < 1.29 is 9.90 Å². The Balaban J connectivity index is 1.83. The van der Waals surface area contributed by atoms with E-state index in [1.54, 1.807) is 29.3 Å². The van der Waals surface area contributed by atoms with E-state index in [-0.39, 0.29) is 19.1 Å². The first-order valence-corrected chi connectivity index (χ1v) is 7.74. The molecule has 1 amide bonds. The molecule has 0 unspecified atom stereocenters. The molecule has 0 bridgehead atoms. The largest absolute Gasteiger partial charge is 0.395 e. The first kappa shape index (κ1) is 14.9. The van der Waals surface area contributed by atoms with E-state index in [0.717, 1.165) is 5.56 Å². The summed E-state index contributed by atoms with van der Waals surface area (Å²) in [5, 5.41) is 13.2.